The molecule has 0 fully saturated rings. The fraction of sp³-hybridized carbons (Fsp3) is 0.235. The molecule has 1 aliphatic heterocycles. The molecule has 2 N–H and O–H groups in total. The Morgan fingerprint density at radius 1 is 0.750 bits per heavy atom. The third kappa shape index (κ3) is 7.11. The molecule has 2 heterocycles. The molecule has 0 aliphatic carbocycles. The lowest BCUT2D eigenvalue weighted by Gasteiger charge is -2.21. The summed E-state index contributed by atoms with van der Waals surface area (Å²) in [7, 11) is 2.63. The summed E-state index contributed by atoms with van der Waals surface area (Å²) in [6.45, 7) is 0.116. The largest absolute Gasteiger partial charge is 0.468 e. The molecule has 3 aromatic carbocycles. The minimum absolute atomic E-state index is 0.0457. The number of carbonyl (C=O) groups is 3. The smallest absolute Gasteiger partial charge is 0.336 e. The molecule has 0 radical (unpaired) electrons. The Morgan fingerprint density at radius 3 is 1.82 bits per heavy atom. The summed E-state index contributed by atoms with van der Waals surface area (Å²) in [4.78, 5) is 50.9. The molecule has 10 nitrogen and oxygen atoms in total. The maximum absolute atomic E-state index is 13.7. The Kier molecular flexibility index (Phi) is 9.63. The zero-order valence-electron chi connectivity index (χ0n) is 24.3. The van der Waals surface area contributed by atoms with Crippen molar-refractivity contribution in [2.75, 3.05) is 27.3 Å². The van der Waals surface area contributed by atoms with Crippen LogP contribution in [0.15, 0.2) is 105 Å². The number of nitrogens with one attached hydrogen (secondary N) is 2. The number of fused-ring (bicyclic) bond motifs is 2. The Balaban J connectivity index is 1.45. The standard InChI is InChI=1S/C34H32N2O8/c1-41-33(39)26(15-21-9-5-3-6-10-21)35-19-24(20-36-27(34(40)42-2)16-22-11-7-4-8-12-22)32-31(38)25-17-23-13-14-30(37)43-28(23)18-29(25)44-32/h3-14,17-18,26-27,35-36H,15-16,19-20H2,1-2H3/t26-,27-/m0/s1. The zero-order valence-corrected chi connectivity index (χ0v) is 24.3. The molecular formula is C34H32N2O8. The predicted octanol–water partition coefficient (Wildman–Crippen LogP) is 3.37. The normalized spacial score (nSPS) is 13.6. The SMILES string of the molecule is COC(=O)[C@H](Cc1ccccc1)NCC(CN[C@@H](Cc1ccccc1)C(=O)OC)=C1Oc2cc3oc(=O)ccc3cc2C1=O. The van der Waals surface area contributed by atoms with Crippen LogP contribution in [0.1, 0.15) is 21.5 Å². The van der Waals surface area contributed by atoms with Crippen LogP contribution in [0.5, 0.6) is 5.75 Å². The minimum Gasteiger partial charge on any atom is -0.468 e. The van der Waals surface area contributed by atoms with E-state index in [-0.39, 0.29) is 36.0 Å². The predicted molar refractivity (Wildman–Crippen MR) is 162 cm³/mol. The molecule has 5 rings (SSSR count). The lowest BCUT2D eigenvalue weighted by Crippen LogP contribution is -2.44. The van der Waals surface area contributed by atoms with Gasteiger partial charge in [0.15, 0.2) is 5.76 Å². The molecule has 44 heavy (non-hydrogen) atoms. The van der Waals surface area contributed by atoms with E-state index in [0.29, 0.717) is 29.4 Å². The molecule has 0 bridgehead atoms. The number of methoxy groups -OCH3 is 2. The van der Waals surface area contributed by atoms with Gasteiger partial charge in [0.05, 0.1) is 19.8 Å². The van der Waals surface area contributed by atoms with Gasteiger partial charge in [-0.1, -0.05) is 60.7 Å². The van der Waals surface area contributed by atoms with Gasteiger partial charge in [-0.15, -0.1) is 0 Å². The average molecular weight is 597 g/mol. The second kappa shape index (κ2) is 13.9. The highest BCUT2D eigenvalue weighted by atomic mass is 16.5. The van der Waals surface area contributed by atoms with Crippen LogP contribution in [0, 0.1) is 0 Å². The van der Waals surface area contributed by atoms with Gasteiger partial charge in [0.1, 0.15) is 23.4 Å². The summed E-state index contributed by atoms with van der Waals surface area (Å²) in [5.41, 5.74) is 2.38. The Hall–Kier alpha value is -5.06. The van der Waals surface area contributed by atoms with Gasteiger partial charge in [-0.2, -0.15) is 0 Å². The van der Waals surface area contributed by atoms with Crippen molar-refractivity contribution >= 4 is 28.7 Å². The average Bonchev–Trinajstić information content (AvgIpc) is 3.37. The fourth-order valence-corrected chi connectivity index (χ4v) is 5.05. The molecule has 1 aromatic heterocycles. The van der Waals surface area contributed by atoms with Crippen molar-refractivity contribution < 1.29 is 33.0 Å². The second-order valence-corrected chi connectivity index (χ2v) is 10.3. The van der Waals surface area contributed by atoms with Crippen molar-refractivity contribution in [3.8, 4) is 5.75 Å². The maximum Gasteiger partial charge on any atom is 0.336 e. The van der Waals surface area contributed by atoms with Crippen LogP contribution in [0.2, 0.25) is 0 Å². The van der Waals surface area contributed by atoms with E-state index >= 15 is 0 Å². The summed E-state index contributed by atoms with van der Waals surface area (Å²) in [5, 5.41) is 7.01. The first-order chi connectivity index (χ1) is 21.4. The van der Waals surface area contributed by atoms with Crippen molar-refractivity contribution in [2.45, 2.75) is 24.9 Å². The highest BCUT2D eigenvalue weighted by Gasteiger charge is 2.32. The lowest BCUT2D eigenvalue weighted by molar-refractivity contribution is -0.143. The summed E-state index contributed by atoms with van der Waals surface area (Å²) in [6.07, 6.45) is 0.698. The lowest BCUT2D eigenvalue weighted by atomic mass is 10.0. The minimum atomic E-state index is -0.727. The highest BCUT2D eigenvalue weighted by molar-refractivity contribution is 6.14. The van der Waals surface area contributed by atoms with Crippen LogP contribution in [0.25, 0.3) is 11.0 Å². The molecule has 0 saturated heterocycles. The number of allylic oxidation sites excluding steroid dienone is 1. The molecule has 0 unspecified atom stereocenters. The van der Waals surface area contributed by atoms with Crippen LogP contribution in [0.3, 0.4) is 0 Å². The first kappa shape index (κ1) is 30.4. The van der Waals surface area contributed by atoms with Gasteiger partial charge in [0.2, 0.25) is 5.78 Å². The zero-order chi connectivity index (χ0) is 31.1. The number of rotatable bonds is 12. The number of ketones is 1. The quantitative estimate of drug-likeness (QED) is 0.143. The van der Waals surface area contributed by atoms with Gasteiger partial charge in [-0.25, -0.2) is 4.79 Å². The van der Waals surface area contributed by atoms with Crippen LogP contribution in [0.4, 0.5) is 0 Å². The number of hydrogen-bond acceptors (Lipinski definition) is 10. The Bertz CT molecular complexity index is 1680. The maximum atomic E-state index is 13.7. The summed E-state index contributed by atoms with van der Waals surface area (Å²) < 4.78 is 21.4. The molecule has 10 heteroatoms. The number of esters is 2. The van der Waals surface area contributed by atoms with E-state index < -0.39 is 29.6 Å². The molecule has 2 atom stereocenters. The van der Waals surface area contributed by atoms with Crippen LogP contribution in [-0.4, -0.2) is 57.1 Å². The first-order valence-corrected chi connectivity index (χ1v) is 14.1. The Labute approximate surface area is 253 Å². The number of carbonyl (C=O) groups excluding carboxylic acids is 3. The molecule has 1 aliphatic rings. The topological polar surface area (TPSA) is 133 Å². The number of Topliss-reactive ketones (excluding diaryl/α,β-unsaturated/α-hetero) is 1. The molecule has 0 saturated carbocycles. The van der Waals surface area contributed by atoms with Crippen molar-refractivity contribution in [1.29, 1.82) is 0 Å². The van der Waals surface area contributed by atoms with E-state index in [2.05, 4.69) is 10.6 Å². The third-order valence-corrected chi connectivity index (χ3v) is 7.37. The monoisotopic (exact) mass is 596 g/mol. The van der Waals surface area contributed by atoms with E-state index in [4.69, 9.17) is 18.6 Å². The van der Waals surface area contributed by atoms with Gasteiger partial charge in [-0.05, 0) is 36.1 Å². The van der Waals surface area contributed by atoms with Crippen molar-refractivity contribution in [1.82, 2.24) is 10.6 Å². The highest BCUT2D eigenvalue weighted by Crippen LogP contribution is 2.35. The van der Waals surface area contributed by atoms with E-state index in [1.165, 1.54) is 26.4 Å². The fourth-order valence-electron chi connectivity index (χ4n) is 5.05. The summed E-state index contributed by atoms with van der Waals surface area (Å²) in [5.74, 6) is -1.02. The number of ether oxygens (including phenoxy) is 3. The van der Waals surface area contributed by atoms with E-state index in [9.17, 15) is 19.2 Å². The van der Waals surface area contributed by atoms with Crippen molar-refractivity contribution in [3.63, 3.8) is 0 Å². The van der Waals surface area contributed by atoms with Gasteiger partial charge < -0.3 is 29.3 Å². The van der Waals surface area contributed by atoms with E-state index in [1.54, 1.807) is 12.1 Å². The van der Waals surface area contributed by atoms with Crippen LogP contribution >= 0.6 is 0 Å². The first-order valence-electron chi connectivity index (χ1n) is 14.1. The molecule has 4 aromatic rings. The number of hydrogen-bond donors (Lipinski definition) is 2. The van der Waals surface area contributed by atoms with Gasteiger partial charge in [0.25, 0.3) is 0 Å². The van der Waals surface area contributed by atoms with Crippen molar-refractivity contribution in [2.24, 2.45) is 0 Å². The van der Waals surface area contributed by atoms with Crippen LogP contribution in [-0.2, 0) is 31.9 Å². The van der Waals surface area contributed by atoms with E-state index in [1.807, 2.05) is 60.7 Å². The summed E-state index contributed by atoms with van der Waals surface area (Å²) >= 11 is 0. The Morgan fingerprint density at radius 2 is 1.30 bits per heavy atom. The van der Waals surface area contributed by atoms with Gasteiger partial charge in [0, 0.05) is 36.2 Å². The number of benzene rings is 3. The van der Waals surface area contributed by atoms with E-state index in [0.717, 1.165) is 11.1 Å². The third-order valence-electron chi connectivity index (χ3n) is 7.37. The second-order valence-electron chi connectivity index (χ2n) is 10.3. The molecule has 0 amide bonds. The molecular weight excluding hydrogens is 564 g/mol. The van der Waals surface area contributed by atoms with Crippen LogP contribution < -0.4 is 21.0 Å². The molecule has 0 spiro atoms. The van der Waals surface area contributed by atoms with Gasteiger partial charge in [-0.3, -0.25) is 14.4 Å². The van der Waals surface area contributed by atoms with Gasteiger partial charge >= 0.3 is 17.6 Å². The van der Waals surface area contributed by atoms with Crippen molar-refractivity contribution in [3.05, 3.63) is 123 Å². The summed E-state index contributed by atoms with van der Waals surface area (Å²) in [6, 6.07) is 23.5. The molecule has 226 valence electrons.